The van der Waals surface area contributed by atoms with Crippen molar-refractivity contribution < 1.29 is 56.4 Å². The molecule has 3 aromatic carbocycles. The van der Waals surface area contributed by atoms with E-state index in [0.717, 1.165) is 50.0 Å². The number of carbonyl (C=O) groups excluding carboxylic acids is 4. The molecule has 10 nitrogen and oxygen atoms in total. The third-order valence-electron chi connectivity index (χ3n) is 6.28. The molecule has 0 heterocycles. The number of benzene rings is 3. The smallest absolute Gasteiger partial charge is 0.343 e. The standard InChI is InChI=1S/C35H34F2O10/c1-3-30(38)44-21-8-6-5-7-20-42-26-14-10-24(11-15-26)34(40)46-28-18-19-29(33(37)32(28)36)47-35(41)25-12-16-27(17-13-25)43-22-9-23-45-31(39)4-2/h3-4,10-19H,1-2,5-9,20-23H2. The molecule has 0 saturated heterocycles. The third kappa shape index (κ3) is 12.1. The lowest BCUT2D eigenvalue weighted by Crippen LogP contribution is -2.12. The summed E-state index contributed by atoms with van der Waals surface area (Å²) >= 11 is 0. The average molecular weight is 653 g/mol. The van der Waals surface area contributed by atoms with Gasteiger partial charge in [-0.1, -0.05) is 13.2 Å². The largest absolute Gasteiger partial charge is 0.494 e. The Hall–Kier alpha value is -5.52. The average Bonchev–Trinajstić information content (AvgIpc) is 3.09. The van der Waals surface area contributed by atoms with Crippen molar-refractivity contribution in [1.82, 2.24) is 0 Å². The van der Waals surface area contributed by atoms with Crippen LogP contribution >= 0.6 is 0 Å². The van der Waals surface area contributed by atoms with Crippen molar-refractivity contribution in [2.75, 3.05) is 26.4 Å². The Morgan fingerprint density at radius 3 is 1.34 bits per heavy atom. The maximum atomic E-state index is 14.7. The summed E-state index contributed by atoms with van der Waals surface area (Å²) in [6.45, 7) is 7.81. The predicted molar refractivity (Wildman–Crippen MR) is 166 cm³/mol. The van der Waals surface area contributed by atoms with Crippen molar-refractivity contribution in [3.8, 4) is 23.0 Å². The van der Waals surface area contributed by atoms with Crippen LogP contribution in [0.15, 0.2) is 86.0 Å². The zero-order valence-corrected chi connectivity index (χ0v) is 25.5. The summed E-state index contributed by atoms with van der Waals surface area (Å²) in [5, 5.41) is 0. The molecule has 3 rings (SSSR count). The summed E-state index contributed by atoms with van der Waals surface area (Å²) in [6, 6.07) is 13.6. The predicted octanol–water partition coefficient (Wildman–Crippen LogP) is 6.57. The fraction of sp³-hybridized carbons (Fsp3) is 0.257. The van der Waals surface area contributed by atoms with Gasteiger partial charge in [0.1, 0.15) is 11.5 Å². The molecule has 0 amide bonds. The monoisotopic (exact) mass is 652 g/mol. The molecule has 248 valence electrons. The lowest BCUT2D eigenvalue weighted by Gasteiger charge is -2.11. The summed E-state index contributed by atoms with van der Waals surface area (Å²) in [7, 11) is 0. The maximum Gasteiger partial charge on any atom is 0.343 e. The SMILES string of the molecule is C=CC(=O)OCCCCCCOc1ccc(C(=O)Oc2ccc(OC(=O)c3ccc(OCCCOC(=O)C=C)cc3)c(F)c2F)cc1. The molecule has 0 unspecified atom stereocenters. The van der Waals surface area contributed by atoms with Crippen molar-refractivity contribution in [3.63, 3.8) is 0 Å². The zero-order valence-electron chi connectivity index (χ0n) is 25.5. The Balaban J connectivity index is 1.44. The number of esters is 4. The second-order valence-electron chi connectivity index (χ2n) is 9.73. The van der Waals surface area contributed by atoms with Crippen LogP contribution in [0.3, 0.4) is 0 Å². The van der Waals surface area contributed by atoms with Gasteiger partial charge in [-0.3, -0.25) is 0 Å². The summed E-state index contributed by atoms with van der Waals surface area (Å²) in [5.41, 5.74) is 0.119. The van der Waals surface area contributed by atoms with Crippen molar-refractivity contribution in [1.29, 1.82) is 0 Å². The van der Waals surface area contributed by atoms with Crippen molar-refractivity contribution in [3.05, 3.63) is 109 Å². The van der Waals surface area contributed by atoms with Crippen LogP contribution in [0.1, 0.15) is 52.8 Å². The van der Waals surface area contributed by atoms with Gasteiger partial charge in [0.2, 0.25) is 11.6 Å². The highest BCUT2D eigenvalue weighted by Crippen LogP contribution is 2.29. The quantitative estimate of drug-likeness (QED) is 0.0608. The van der Waals surface area contributed by atoms with E-state index in [-0.39, 0.29) is 24.3 Å². The van der Waals surface area contributed by atoms with Crippen LogP contribution in [0, 0.1) is 11.6 Å². The van der Waals surface area contributed by atoms with Crippen LogP contribution in [0.2, 0.25) is 0 Å². The van der Waals surface area contributed by atoms with Gasteiger partial charge in [-0.15, -0.1) is 0 Å². The highest BCUT2D eigenvalue weighted by molar-refractivity contribution is 5.92. The Bertz CT molecular complexity index is 1540. The van der Waals surface area contributed by atoms with Crippen LogP contribution in [0.5, 0.6) is 23.0 Å². The van der Waals surface area contributed by atoms with Gasteiger partial charge >= 0.3 is 23.9 Å². The summed E-state index contributed by atoms with van der Waals surface area (Å²) < 4.78 is 60.4. The highest BCUT2D eigenvalue weighted by Gasteiger charge is 2.21. The summed E-state index contributed by atoms with van der Waals surface area (Å²) in [4.78, 5) is 47.0. The third-order valence-corrected chi connectivity index (χ3v) is 6.28. The van der Waals surface area contributed by atoms with E-state index in [4.69, 9.17) is 28.4 Å². The van der Waals surface area contributed by atoms with E-state index in [0.29, 0.717) is 31.1 Å². The van der Waals surface area contributed by atoms with Gasteiger partial charge in [0, 0.05) is 18.6 Å². The minimum absolute atomic E-state index is 0.0451. The Labute approximate surface area is 270 Å². The molecule has 0 atom stereocenters. The molecule has 0 aliphatic heterocycles. The Morgan fingerprint density at radius 2 is 0.915 bits per heavy atom. The minimum atomic E-state index is -1.51. The number of hydrogen-bond acceptors (Lipinski definition) is 10. The number of unbranched alkanes of at least 4 members (excludes halogenated alkanes) is 3. The molecule has 0 bridgehead atoms. The molecule has 0 N–H and O–H groups in total. The van der Waals surface area contributed by atoms with Gasteiger partial charge in [0.15, 0.2) is 11.5 Å². The molecular formula is C35H34F2O10. The van der Waals surface area contributed by atoms with Crippen LogP contribution in [0.4, 0.5) is 8.78 Å². The Morgan fingerprint density at radius 1 is 0.532 bits per heavy atom. The molecule has 0 radical (unpaired) electrons. The van der Waals surface area contributed by atoms with Crippen LogP contribution in [-0.2, 0) is 19.1 Å². The minimum Gasteiger partial charge on any atom is -0.494 e. The van der Waals surface area contributed by atoms with Crippen molar-refractivity contribution in [2.24, 2.45) is 0 Å². The second-order valence-corrected chi connectivity index (χ2v) is 9.73. The van der Waals surface area contributed by atoms with E-state index >= 15 is 0 Å². The van der Waals surface area contributed by atoms with Gasteiger partial charge < -0.3 is 28.4 Å². The maximum absolute atomic E-state index is 14.7. The first-order valence-corrected chi connectivity index (χ1v) is 14.7. The van der Waals surface area contributed by atoms with Gasteiger partial charge in [0.05, 0.1) is 37.6 Å². The van der Waals surface area contributed by atoms with E-state index in [1.165, 1.54) is 36.4 Å². The van der Waals surface area contributed by atoms with Crippen LogP contribution in [-0.4, -0.2) is 50.3 Å². The Kier molecular flexibility index (Phi) is 14.6. The molecule has 0 aromatic heterocycles. The summed E-state index contributed by atoms with van der Waals surface area (Å²) in [6.07, 6.45) is 5.86. The van der Waals surface area contributed by atoms with E-state index in [1.54, 1.807) is 12.1 Å². The summed E-state index contributed by atoms with van der Waals surface area (Å²) in [5.74, 6) is -6.33. The number of halogens is 2. The number of ether oxygens (including phenoxy) is 6. The normalized spacial score (nSPS) is 10.3. The van der Waals surface area contributed by atoms with Crippen molar-refractivity contribution >= 4 is 23.9 Å². The second kappa shape index (κ2) is 19.1. The van der Waals surface area contributed by atoms with Gasteiger partial charge in [-0.05, 0) is 86.3 Å². The van der Waals surface area contributed by atoms with E-state index in [9.17, 15) is 28.0 Å². The molecule has 0 aliphatic rings. The van der Waals surface area contributed by atoms with E-state index in [2.05, 4.69) is 13.2 Å². The fourth-order valence-corrected chi connectivity index (χ4v) is 3.82. The first kappa shape index (κ1) is 36.0. The molecule has 0 fully saturated rings. The van der Waals surface area contributed by atoms with Gasteiger partial charge in [0.25, 0.3) is 0 Å². The van der Waals surface area contributed by atoms with Gasteiger partial charge in [-0.2, -0.15) is 8.78 Å². The molecule has 0 saturated carbocycles. The molecular weight excluding hydrogens is 618 g/mol. The number of hydrogen-bond donors (Lipinski definition) is 0. The van der Waals surface area contributed by atoms with E-state index < -0.39 is 47.0 Å². The first-order valence-electron chi connectivity index (χ1n) is 14.7. The lowest BCUT2D eigenvalue weighted by molar-refractivity contribution is -0.138. The van der Waals surface area contributed by atoms with E-state index in [1.807, 2.05) is 0 Å². The van der Waals surface area contributed by atoms with Crippen LogP contribution < -0.4 is 18.9 Å². The number of rotatable bonds is 19. The molecule has 3 aromatic rings. The topological polar surface area (TPSA) is 124 Å². The molecule has 0 spiro atoms. The fourth-order valence-electron chi connectivity index (χ4n) is 3.82. The highest BCUT2D eigenvalue weighted by atomic mass is 19.2. The molecule has 12 heteroatoms. The molecule has 47 heavy (non-hydrogen) atoms. The van der Waals surface area contributed by atoms with Crippen LogP contribution in [0.25, 0.3) is 0 Å². The zero-order chi connectivity index (χ0) is 34.0. The first-order chi connectivity index (χ1) is 22.7. The number of carbonyl (C=O) groups is 4. The van der Waals surface area contributed by atoms with Gasteiger partial charge in [-0.25, -0.2) is 19.2 Å². The molecule has 0 aliphatic carbocycles. The lowest BCUT2D eigenvalue weighted by atomic mass is 10.2. The van der Waals surface area contributed by atoms with Crippen molar-refractivity contribution in [2.45, 2.75) is 32.1 Å².